The third-order valence-electron chi connectivity index (χ3n) is 3.55. The maximum Gasteiger partial charge on any atom is 0.446 e. The fraction of sp³-hybridized carbons (Fsp3) is 0.0556. The topological polar surface area (TPSA) is 78.9 Å². The summed E-state index contributed by atoms with van der Waals surface area (Å²) >= 11 is -0.149. The second-order valence-electron chi connectivity index (χ2n) is 5.41. The van der Waals surface area contributed by atoms with Gasteiger partial charge in [-0.05, 0) is 46.7 Å². The largest absolute Gasteiger partial charge is 0.476 e. The van der Waals surface area contributed by atoms with E-state index in [2.05, 4.69) is 15.4 Å². The average Bonchev–Trinajstić information content (AvgIpc) is 3.09. The van der Waals surface area contributed by atoms with Gasteiger partial charge in [0.2, 0.25) is 0 Å². The zero-order chi connectivity index (χ0) is 19.4. The summed E-state index contributed by atoms with van der Waals surface area (Å²) in [6.45, 7) is 0. The molecule has 0 spiro atoms. The Morgan fingerprint density at radius 1 is 1.00 bits per heavy atom. The first-order valence-corrected chi connectivity index (χ1v) is 8.42. The van der Waals surface area contributed by atoms with Gasteiger partial charge in [-0.2, -0.15) is 13.2 Å². The first-order chi connectivity index (χ1) is 12.8. The zero-order valence-corrected chi connectivity index (χ0v) is 14.4. The summed E-state index contributed by atoms with van der Waals surface area (Å²) in [6.07, 6.45) is 3.26. The monoisotopic (exact) mass is 391 g/mol. The molecular formula is C18H12F3N3O2S. The van der Waals surface area contributed by atoms with Crippen LogP contribution in [0.4, 0.5) is 13.2 Å². The molecule has 0 amide bonds. The molecule has 3 rings (SSSR count). The number of halogens is 3. The number of rotatable bonds is 5. The molecule has 0 aliphatic carbocycles. The summed E-state index contributed by atoms with van der Waals surface area (Å²) in [4.78, 5) is 11.1. The molecule has 0 bridgehead atoms. The first-order valence-electron chi connectivity index (χ1n) is 7.60. The van der Waals surface area contributed by atoms with Gasteiger partial charge in [-0.15, -0.1) is 5.10 Å². The van der Waals surface area contributed by atoms with Crippen molar-refractivity contribution in [2.24, 2.45) is 0 Å². The number of aromatic nitrogens is 3. The fourth-order valence-corrected chi connectivity index (χ4v) is 2.86. The van der Waals surface area contributed by atoms with Crippen molar-refractivity contribution in [1.82, 2.24) is 15.4 Å². The van der Waals surface area contributed by atoms with Crippen LogP contribution in [-0.2, 0) is 0 Å². The summed E-state index contributed by atoms with van der Waals surface area (Å²) in [7, 11) is 0. The van der Waals surface area contributed by atoms with Crippen LogP contribution in [0.1, 0.15) is 21.7 Å². The van der Waals surface area contributed by atoms with Gasteiger partial charge in [0, 0.05) is 4.90 Å². The van der Waals surface area contributed by atoms with E-state index in [4.69, 9.17) is 5.11 Å². The molecule has 0 atom stereocenters. The van der Waals surface area contributed by atoms with Crippen LogP contribution in [0.15, 0.2) is 53.4 Å². The molecular weight excluding hydrogens is 379 g/mol. The van der Waals surface area contributed by atoms with Crippen molar-refractivity contribution in [2.75, 3.05) is 0 Å². The summed E-state index contributed by atoms with van der Waals surface area (Å²) in [5.41, 5.74) is -1.73. The minimum atomic E-state index is -4.31. The predicted octanol–water partition coefficient (Wildman–Crippen LogP) is 4.95. The summed E-state index contributed by atoms with van der Waals surface area (Å²) in [5, 5.41) is 18.4. The molecule has 0 saturated heterocycles. The number of carboxylic acid groups (broad SMARTS) is 1. The normalized spacial score (nSPS) is 11.8. The van der Waals surface area contributed by atoms with E-state index in [1.54, 1.807) is 24.3 Å². The van der Waals surface area contributed by atoms with E-state index in [0.717, 1.165) is 16.7 Å². The van der Waals surface area contributed by atoms with Gasteiger partial charge >= 0.3 is 11.5 Å². The Labute approximate surface area is 155 Å². The molecule has 3 aromatic rings. The molecule has 0 aliphatic rings. The lowest BCUT2D eigenvalue weighted by molar-refractivity contribution is -0.0328. The minimum absolute atomic E-state index is 0.133. The van der Waals surface area contributed by atoms with Gasteiger partial charge in [0.1, 0.15) is 0 Å². The van der Waals surface area contributed by atoms with Crippen LogP contribution in [0.25, 0.3) is 23.3 Å². The number of H-pyrrole nitrogens is 1. The quantitative estimate of drug-likeness (QED) is 0.602. The summed E-state index contributed by atoms with van der Waals surface area (Å²) < 4.78 is 37.1. The molecule has 0 saturated carbocycles. The van der Waals surface area contributed by atoms with Gasteiger partial charge in [-0.1, -0.05) is 47.7 Å². The van der Waals surface area contributed by atoms with Gasteiger partial charge in [0.05, 0.1) is 5.69 Å². The number of carboxylic acids is 1. The van der Waals surface area contributed by atoms with Gasteiger partial charge in [0.25, 0.3) is 0 Å². The summed E-state index contributed by atoms with van der Waals surface area (Å²) in [5.74, 6) is -1.18. The van der Waals surface area contributed by atoms with E-state index in [1.807, 2.05) is 24.3 Å². The molecule has 138 valence electrons. The third-order valence-corrected chi connectivity index (χ3v) is 4.29. The predicted molar refractivity (Wildman–Crippen MR) is 96.1 cm³/mol. The molecule has 2 N–H and O–H groups in total. The van der Waals surface area contributed by atoms with Crippen molar-refractivity contribution in [2.45, 2.75) is 10.4 Å². The minimum Gasteiger partial charge on any atom is -0.476 e. The van der Waals surface area contributed by atoms with Gasteiger partial charge < -0.3 is 5.11 Å². The first kappa shape index (κ1) is 18.7. The summed E-state index contributed by atoms with van der Waals surface area (Å²) in [6, 6.07) is 13.4. The molecule has 0 radical (unpaired) electrons. The number of hydrogen-bond acceptors (Lipinski definition) is 4. The zero-order valence-electron chi connectivity index (χ0n) is 13.6. The highest BCUT2D eigenvalue weighted by molar-refractivity contribution is 8.00. The molecule has 0 fully saturated rings. The van der Waals surface area contributed by atoms with Crippen molar-refractivity contribution in [1.29, 1.82) is 0 Å². The Kier molecular flexibility index (Phi) is 5.31. The highest BCUT2D eigenvalue weighted by Crippen LogP contribution is 2.37. The van der Waals surface area contributed by atoms with Crippen LogP contribution in [0.2, 0.25) is 0 Å². The second-order valence-corrected chi connectivity index (χ2v) is 6.55. The molecule has 0 aliphatic heterocycles. The number of aromatic amines is 1. The SMILES string of the molecule is O=C(O)c1nn[nH]c1/C=C/c1ccc(-c2ccc(SC(F)(F)F)cc2)cc1. The van der Waals surface area contributed by atoms with Crippen molar-refractivity contribution < 1.29 is 23.1 Å². The average molecular weight is 391 g/mol. The maximum absolute atomic E-state index is 12.4. The fourth-order valence-electron chi connectivity index (χ4n) is 2.33. The second kappa shape index (κ2) is 7.67. The number of hydrogen-bond donors (Lipinski definition) is 2. The lowest BCUT2D eigenvalue weighted by Gasteiger charge is -2.07. The van der Waals surface area contributed by atoms with Crippen LogP contribution >= 0.6 is 11.8 Å². The molecule has 1 aromatic heterocycles. The lowest BCUT2D eigenvalue weighted by atomic mass is 10.0. The third kappa shape index (κ3) is 4.98. The van der Waals surface area contributed by atoms with Crippen molar-refractivity contribution in [3.05, 3.63) is 65.5 Å². The molecule has 1 heterocycles. The van der Waals surface area contributed by atoms with Crippen LogP contribution < -0.4 is 0 Å². The highest BCUT2D eigenvalue weighted by Gasteiger charge is 2.29. The smallest absolute Gasteiger partial charge is 0.446 e. The lowest BCUT2D eigenvalue weighted by Crippen LogP contribution is -1.98. The van der Waals surface area contributed by atoms with Crippen molar-refractivity contribution in [3.63, 3.8) is 0 Å². The maximum atomic E-state index is 12.4. The number of aromatic carboxylic acids is 1. The number of alkyl halides is 3. The van der Waals surface area contributed by atoms with Gasteiger partial charge in [-0.3, -0.25) is 5.10 Å². The molecule has 5 nitrogen and oxygen atoms in total. The van der Waals surface area contributed by atoms with Gasteiger partial charge in [-0.25, -0.2) is 4.79 Å². The van der Waals surface area contributed by atoms with E-state index in [0.29, 0.717) is 0 Å². The molecule has 2 aromatic carbocycles. The Balaban J connectivity index is 1.72. The Hall–Kier alpha value is -3.07. The Bertz CT molecular complexity index is 965. The van der Waals surface area contributed by atoms with Crippen LogP contribution in [0.3, 0.4) is 0 Å². The van der Waals surface area contributed by atoms with Crippen molar-refractivity contribution in [3.8, 4) is 11.1 Å². The van der Waals surface area contributed by atoms with Crippen LogP contribution in [-0.4, -0.2) is 32.0 Å². The van der Waals surface area contributed by atoms with E-state index in [9.17, 15) is 18.0 Å². The number of thioether (sulfide) groups is 1. The van der Waals surface area contributed by atoms with Crippen LogP contribution in [0.5, 0.6) is 0 Å². The van der Waals surface area contributed by atoms with Crippen molar-refractivity contribution >= 4 is 29.9 Å². The van der Waals surface area contributed by atoms with E-state index >= 15 is 0 Å². The highest BCUT2D eigenvalue weighted by atomic mass is 32.2. The van der Waals surface area contributed by atoms with E-state index in [1.165, 1.54) is 12.1 Å². The Morgan fingerprint density at radius 2 is 1.59 bits per heavy atom. The van der Waals surface area contributed by atoms with E-state index in [-0.39, 0.29) is 28.0 Å². The number of carbonyl (C=O) groups is 1. The number of nitrogens with zero attached hydrogens (tertiary/aromatic N) is 2. The molecule has 0 unspecified atom stereocenters. The Morgan fingerprint density at radius 3 is 2.15 bits per heavy atom. The standard InChI is InChI=1S/C18H12F3N3O2S/c19-18(20,21)27-14-8-6-13(7-9-14)12-4-1-11(2-5-12)3-10-15-16(17(25)26)23-24-22-15/h1-10H,(H,25,26)(H,22,23,24)/b10-3+. The number of benzene rings is 2. The van der Waals surface area contributed by atoms with Crippen LogP contribution in [0, 0.1) is 0 Å². The number of nitrogens with one attached hydrogen (secondary N) is 1. The molecule has 27 heavy (non-hydrogen) atoms. The van der Waals surface area contributed by atoms with E-state index < -0.39 is 11.5 Å². The van der Waals surface area contributed by atoms with Gasteiger partial charge in [0.15, 0.2) is 5.69 Å². The molecule has 9 heteroatoms.